The van der Waals surface area contributed by atoms with Crippen LogP contribution in [0, 0.1) is 4.77 Å². The molecule has 8 nitrogen and oxygen atoms in total. The van der Waals surface area contributed by atoms with E-state index in [1.54, 1.807) is 12.1 Å². The minimum atomic E-state index is -0.197. The Bertz CT molecular complexity index is 1240. The van der Waals surface area contributed by atoms with Crippen molar-refractivity contribution in [2.24, 2.45) is 0 Å². The van der Waals surface area contributed by atoms with Gasteiger partial charge in [-0.15, -0.1) is 0 Å². The molecule has 1 aliphatic rings. The summed E-state index contributed by atoms with van der Waals surface area (Å²) in [5.41, 5.74) is 1.73. The molecule has 2 heterocycles. The first-order valence-corrected chi connectivity index (χ1v) is 11.6. The highest BCUT2D eigenvalue weighted by molar-refractivity contribution is 7.71. The molecule has 1 aromatic heterocycles. The Labute approximate surface area is 197 Å². The van der Waals surface area contributed by atoms with Crippen LogP contribution in [0.1, 0.15) is 24.8 Å². The summed E-state index contributed by atoms with van der Waals surface area (Å²) in [7, 11) is 2.16. The molecule has 4 rings (SSSR count). The van der Waals surface area contributed by atoms with Crippen molar-refractivity contribution in [2.45, 2.75) is 32.4 Å². The third-order valence-electron chi connectivity index (χ3n) is 5.71. The number of carbonyl (C=O) groups is 1. The number of hydrogen-bond acceptors (Lipinski definition) is 5. The number of aromatic amines is 1. The van der Waals surface area contributed by atoms with Gasteiger partial charge in [0.15, 0.2) is 16.3 Å². The van der Waals surface area contributed by atoms with Crippen LogP contribution >= 0.6 is 12.2 Å². The molecule has 0 bridgehead atoms. The minimum Gasteiger partial charge on any atom is -0.454 e. The molecule has 0 radical (unpaired) electrons. The number of amides is 1. The summed E-state index contributed by atoms with van der Waals surface area (Å²) in [6.45, 7) is 3.11. The van der Waals surface area contributed by atoms with Gasteiger partial charge in [-0.25, -0.2) is 0 Å². The molecule has 0 saturated heterocycles. The van der Waals surface area contributed by atoms with Gasteiger partial charge in [-0.3, -0.25) is 14.2 Å². The number of hydrogen-bond donors (Lipinski definition) is 3. The van der Waals surface area contributed by atoms with E-state index < -0.39 is 0 Å². The van der Waals surface area contributed by atoms with Gasteiger partial charge in [0.1, 0.15) is 6.54 Å². The summed E-state index contributed by atoms with van der Waals surface area (Å²) in [6.07, 6.45) is 1.78. The molecule has 0 aliphatic carbocycles. The molecule has 0 spiro atoms. The van der Waals surface area contributed by atoms with Crippen LogP contribution in [-0.4, -0.2) is 42.4 Å². The van der Waals surface area contributed by atoms with E-state index in [1.807, 2.05) is 6.07 Å². The third kappa shape index (κ3) is 5.80. The van der Waals surface area contributed by atoms with Gasteiger partial charge in [0, 0.05) is 37.6 Å². The Morgan fingerprint density at radius 3 is 2.73 bits per heavy atom. The fraction of sp³-hybridized carbons (Fsp3) is 0.375. The number of aromatic nitrogens is 2. The summed E-state index contributed by atoms with van der Waals surface area (Å²) in [4.78, 5) is 29.6. The number of quaternary nitrogens is 1. The lowest BCUT2D eigenvalue weighted by molar-refractivity contribution is -0.893. The Kier molecular flexibility index (Phi) is 7.41. The molecule has 1 amide bonds. The number of nitrogens with zero attached hydrogens (tertiary/aromatic N) is 1. The van der Waals surface area contributed by atoms with Crippen molar-refractivity contribution in [3.8, 4) is 11.5 Å². The van der Waals surface area contributed by atoms with E-state index in [9.17, 15) is 9.59 Å². The maximum Gasteiger partial charge on any atom is 0.262 e. The highest BCUT2D eigenvalue weighted by Gasteiger charge is 2.17. The van der Waals surface area contributed by atoms with E-state index in [-0.39, 0.29) is 18.3 Å². The van der Waals surface area contributed by atoms with Crippen LogP contribution < -0.4 is 25.2 Å². The lowest BCUT2D eigenvalue weighted by Crippen LogP contribution is -3.07. The highest BCUT2D eigenvalue weighted by atomic mass is 32.1. The lowest BCUT2D eigenvalue weighted by Gasteiger charge is -2.14. The molecule has 0 saturated carbocycles. The van der Waals surface area contributed by atoms with Crippen LogP contribution in [-0.2, 0) is 17.9 Å². The fourth-order valence-corrected chi connectivity index (χ4v) is 4.27. The molecule has 9 heteroatoms. The third-order valence-corrected chi connectivity index (χ3v) is 6.03. The Morgan fingerprint density at radius 1 is 1.18 bits per heavy atom. The monoisotopic (exact) mass is 469 g/mol. The van der Waals surface area contributed by atoms with Gasteiger partial charge in [-0.2, -0.15) is 0 Å². The minimum absolute atomic E-state index is 0.0113. The summed E-state index contributed by atoms with van der Waals surface area (Å²) in [6, 6.07) is 13.8. The maximum absolute atomic E-state index is 12.9. The number of nitrogens with one attached hydrogen (secondary N) is 3. The molecule has 0 fully saturated rings. The summed E-state index contributed by atoms with van der Waals surface area (Å²) >= 11 is 5.36. The fourth-order valence-electron chi connectivity index (χ4n) is 3.98. The number of ether oxygens (including phenoxy) is 2. The number of H-pyrrole nitrogens is 1. The first kappa shape index (κ1) is 23.0. The smallest absolute Gasteiger partial charge is 0.262 e. The van der Waals surface area contributed by atoms with Gasteiger partial charge in [-0.1, -0.05) is 30.3 Å². The van der Waals surface area contributed by atoms with Gasteiger partial charge >= 0.3 is 0 Å². The second-order valence-corrected chi connectivity index (χ2v) is 8.70. The molecule has 3 N–H and O–H groups in total. The number of benzene rings is 2. The first-order valence-electron chi connectivity index (χ1n) is 11.2. The van der Waals surface area contributed by atoms with Crippen molar-refractivity contribution >= 4 is 29.0 Å². The van der Waals surface area contributed by atoms with E-state index in [2.05, 4.69) is 41.6 Å². The topological polar surface area (TPSA) is 89.8 Å². The van der Waals surface area contributed by atoms with Crippen LogP contribution in [0.3, 0.4) is 0 Å². The summed E-state index contributed by atoms with van der Waals surface area (Å²) < 4.78 is 12.6. The largest absolute Gasteiger partial charge is 0.454 e. The van der Waals surface area contributed by atoms with Gasteiger partial charge in [0.2, 0.25) is 12.7 Å². The number of rotatable bonds is 10. The van der Waals surface area contributed by atoms with E-state index in [4.69, 9.17) is 21.7 Å². The van der Waals surface area contributed by atoms with E-state index in [1.165, 1.54) is 15.0 Å². The normalized spacial score (nSPS) is 13.2. The zero-order valence-electron chi connectivity index (χ0n) is 18.7. The highest BCUT2D eigenvalue weighted by Crippen LogP contribution is 2.34. The molecule has 174 valence electrons. The standard InChI is InChI=1S/C24H28N4O4S/c1-27(15-17-7-3-2-4-8-17)11-6-10-25-22(29)9-5-12-28-23(30)18-13-20-21(32-16-31-20)14-19(18)26-24(28)33/h2-4,7-8,13-14H,5-6,9-12,15-16H2,1H3,(H,25,29)(H,26,33)/p+1. The maximum atomic E-state index is 12.9. The Morgan fingerprint density at radius 2 is 1.94 bits per heavy atom. The SMILES string of the molecule is C[NH+](CCCNC(=O)CCCn1c(=S)[nH]c2cc3c(cc2c1=O)OCO3)Cc1ccccc1. The second-order valence-electron chi connectivity index (χ2n) is 8.31. The van der Waals surface area contributed by atoms with E-state index >= 15 is 0 Å². The zero-order chi connectivity index (χ0) is 23.2. The summed E-state index contributed by atoms with van der Waals surface area (Å²) in [5.74, 6) is 1.13. The van der Waals surface area contributed by atoms with Crippen molar-refractivity contribution in [2.75, 3.05) is 26.9 Å². The van der Waals surface area contributed by atoms with Crippen molar-refractivity contribution < 1.29 is 19.2 Å². The first-order chi connectivity index (χ1) is 16.0. The average Bonchev–Trinajstić information content (AvgIpc) is 3.26. The van der Waals surface area contributed by atoms with Crippen molar-refractivity contribution in [3.63, 3.8) is 0 Å². The lowest BCUT2D eigenvalue weighted by atomic mass is 10.2. The van der Waals surface area contributed by atoms with Crippen molar-refractivity contribution in [3.05, 3.63) is 63.2 Å². The van der Waals surface area contributed by atoms with Crippen LogP contribution in [0.15, 0.2) is 47.3 Å². The predicted octanol–water partition coefficient (Wildman–Crippen LogP) is 1.79. The molecule has 3 aromatic rings. The van der Waals surface area contributed by atoms with Gasteiger partial charge in [0.05, 0.1) is 24.5 Å². The molecular formula is C24H29N4O4S+. The predicted molar refractivity (Wildman–Crippen MR) is 128 cm³/mol. The molecule has 1 unspecified atom stereocenters. The van der Waals surface area contributed by atoms with Crippen LogP contribution in [0.5, 0.6) is 11.5 Å². The van der Waals surface area contributed by atoms with Crippen LogP contribution in [0.2, 0.25) is 0 Å². The molecule has 1 atom stereocenters. The molecule has 33 heavy (non-hydrogen) atoms. The molecular weight excluding hydrogens is 440 g/mol. The van der Waals surface area contributed by atoms with Gasteiger partial charge < -0.3 is 24.7 Å². The Hall–Kier alpha value is -3.17. The van der Waals surface area contributed by atoms with Gasteiger partial charge in [0.25, 0.3) is 5.56 Å². The molecule has 2 aromatic carbocycles. The van der Waals surface area contributed by atoms with Crippen molar-refractivity contribution in [1.82, 2.24) is 14.9 Å². The van der Waals surface area contributed by atoms with Crippen LogP contribution in [0.25, 0.3) is 10.9 Å². The summed E-state index contributed by atoms with van der Waals surface area (Å²) in [5, 5.41) is 3.46. The van der Waals surface area contributed by atoms with Gasteiger partial charge in [-0.05, 0) is 24.7 Å². The van der Waals surface area contributed by atoms with Crippen molar-refractivity contribution in [1.29, 1.82) is 0 Å². The van der Waals surface area contributed by atoms with E-state index in [0.29, 0.717) is 53.1 Å². The second kappa shape index (κ2) is 10.6. The Balaban J connectivity index is 1.22. The van der Waals surface area contributed by atoms with E-state index in [0.717, 1.165) is 19.5 Å². The molecule has 1 aliphatic heterocycles. The van der Waals surface area contributed by atoms with Crippen LogP contribution in [0.4, 0.5) is 0 Å². The number of fused-ring (bicyclic) bond motifs is 2. The number of carbonyl (C=O) groups excluding carboxylic acids is 1. The average molecular weight is 470 g/mol. The quantitative estimate of drug-likeness (QED) is 0.311. The zero-order valence-corrected chi connectivity index (χ0v) is 19.5.